The summed E-state index contributed by atoms with van der Waals surface area (Å²) in [6.45, 7) is 9.90. The predicted octanol–water partition coefficient (Wildman–Crippen LogP) is 3.78. The molecular weight excluding hydrogens is 316 g/mol. The van der Waals surface area contributed by atoms with Crippen LogP contribution in [0.4, 0.5) is 0 Å². The molecule has 0 amide bonds. The van der Waals surface area contributed by atoms with Crippen LogP contribution in [-0.2, 0) is 13.0 Å². The molecule has 0 fully saturated rings. The first-order chi connectivity index (χ1) is 12.0. The first-order valence-corrected chi connectivity index (χ1v) is 8.67. The van der Waals surface area contributed by atoms with Gasteiger partial charge in [-0.1, -0.05) is 19.0 Å². The number of nitrogens with zero attached hydrogens (tertiary/aromatic N) is 3. The second-order valence-corrected chi connectivity index (χ2v) is 6.85. The third kappa shape index (κ3) is 2.76. The Kier molecular flexibility index (Phi) is 3.92. The van der Waals surface area contributed by atoms with Crippen LogP contribution in [-0.4, -0.2) is 21.7 Å². The Hall–Kier alpha value is -2.47. The molecule has 3 aromatic rings. The smallest absolute Gasteiger partial charge is 0.261 e. The lowest BCUT2D eigenvalue weighted by atomic mass is 9.95. The molecule has 1 aliphatic rings. The summed E-state index contributed by atoms with van der Waals surface area (Å²) in [5.74, 6) is 3.13. The van der Waals surface area contributed by atoms with Crippen LogP contribution in [0.1, 0.15) is 48.1 Å². The van der Waals surface area contributed by atoms with Crippen molar-refractivity contribution in [3.8, 4) is 22.8 Å². The first kappa shape index (κ1) is 16.0. The number of hydrogen-bond acceptors (Lipinski definition) is 6. The zero-order valence-electron chi connectivity index (χ0n) is 15.0. The van der Waals surface area contributed by atoms with Crippen molar-refractivity contribution < 1.29 is 8.94 Å². The molecular formula is C19H22N4O2. The lowest BCUT2D eigenvalue weighted by Crippen LogP contribution is -2.24. The zero-order chi connectivity index (χ0) is 17.6. The fourth-order valence-electron chi connectivity index (χ4n) is 3.30. The minimum atomic E-state index is 0.315. The average molecular weight is 338 g/mol. The van der Waals surface area contributed by atoms with Crippen LogP contribution >= 0.6 is 0 Å². The molecule has 3 aromatic heterocycles. The molecule has 25 heavy (non-hydrogen) atoms. The molecule has 130 valence electrons. The number of furan rings is 1. The van der Waals surface area contributed by atoms with Gasteiger partial charge in [0.2, 0.25) is 5.82 Å². The SMILES string of the molecule is Cc1ncc2c(c1-c1noc(-c3cc(C(C)C)oc3C)n1)CCNC2. The Morgan fingerprint density at radius 3 is 2.84 bits per heavy atom. The summed E-state index contributed by atoms with van der Waals surface area (Å²) in [7, 11) is 0. The maximum absolute atomic E-state index is 5.81. The van der Waals surface area contributed by atoms with E-state index in [0.717, 1.165) is 47.9 Å². The van der Waals surface area contributed by atoms with Gasteiger partial charge in [-0.25, -0.2) is 0 Å². The molecule has 6 nitrogen and oxygen atoms in total. The molecule has 0 aromatic carbocycles. The van der Waals surface area contributed by atoms with E-state index in [-0.39, 0.29) is 0 Å². The Bertz CT molecular complexity index is 924. The van der Waals surface area contributed by atoms with E-state index in [0.29, 0.717) is 17.6 Å². The topological polar surface area (TPSA) is 77.0 Å². The molecule has 1 aliphatic heterocycles. The highest BCUT2D eigenvalue weighted by Gasteiger charge is 2.23. The number of hydrogen-bond donors (Lipinski definition) is 1. The summed E-state index contributed by atoms with van der Waals surface area (Å²) in [5.41, 5.74) is 5.27. The summed E-state index contributed by atoms with van der Waals surface area (Å²) < 4.78 is 11.4. The Morgan fingerprint density at radius 1 is 1.24 bits per heavy atom. The monoisotopic (exact) mass is 338 g/mol. The third-order valence-corrected chi connectivity index (χ3v) is 4.72. The molecule has 0 atom stereocenters. The molecule has 0 saturated carbocycles. The van der Waals surface area contributed by atoms with Crippen molar-refractivity contribution in [3.05, 3.63) is 40.6 Å². The van der Waals surface area contributed by atoms with Crippen molar-refractivity contribution in [2.24, 2.45) is 0 Å². The highest BCUT2D eigenvalue weighted by atomic mass is 16.5. The van der Waals surface area contributed by atoms with Crippen LogP contribution in [0.2, 0.25) is 0 Å². The van der Waals surface area contributed by atoms with Crippen LogP contribution in [0.25, 0.3) is 22.8 Å². The van der Waals surface area contributed by atoms with Crippen molar-refractivity contribution in [1.82, 2.24) is 20.4 Å². The van der Waals surface area contributed by atoms with Crippen LogP contribution in [0.5, 0.6) is 0 Å². The highest BCUT2D eigenvalue weighted by molar-refractivity contribution is 5.67. The maximum atomic E-state index is 5.81. The van der Waals surface area contributed by atoms with Crippen LogP contribution in [0.15, 0.2) is 21.2 Å². The maximum Gasteiger partial charge on any atom is 0.261 e. The minimum absolute atomic E-state index is 0.315. The lowest BCUT2D eigenvalue weighted by Gasteiger charge is -2.19. The number of rotatable bonds is 3. The van der Waals surface area contributed by atoms with E-state index in [2.05, 4.69) is 34.3 Å². The highest BCUT2D eigenvalue weighted by Crippen LogP contribution is 2.33. The van der Waals surface area contributed by atoms with Crippen LogP contribution in [0, 0.1) is 13.8 Å². The Morgan fingerprint density at radius 2 is 2.08 bits per heavy atom. The van der Waals surface area contributed by atoms with Gasteiger partial charge in [-0.3, -0.25) is 4.98 Å². The largest absolute Gasteiger partial charge is 0.465 e. The number of nitrogens with one attached hydrogen (secondary N) is 1. The van der Waals surface area contributed by atoms with Crippen molar-refractivity contribution in [2.75, 3.05) is 6.54 Å². The number of fused-ring (bicyclic) bond motifs is 1. The van der Waals surface area contributed by atoms with Crippen molar-refractivity contribution in [1.29, 1.82) is 0 Å². The molecule has 0 bridgehead atoms. The number of aromatic nitrogens is 3. The summed E-state index contributed by atoms with van der Waals surface area (Å²) in [6, 6.07) is 1.99. The molecule has 0 saturated heterocycles. The molecule has 6 heteroatoms. The number of pyridine rings is 1. The molecule has 0 aliphatic carbocycles. The van der Waals surface area contributed by atoms with Crippen LogP contribution in [0.3, 0.4) is 0 Å². The predicted molar refractivity (Wildman–Crippen MR) is 94.2 cm³/mol. The van der Waals surface area contributed by atoms with E-state index >= 15 is 0 Å². The van der Waals surface area contributed by atoms with E-state index in [4.69, 9.17) is 8.94 Å². The molecule has 1 N–H and O–H groups in total. The van der Waals surface area contributed by atoms with E-state index in [1.165, 1.54) is 11.1 Å². The van der Waals surface area contributed by atoms with E-state index in [1.54, 1.807) is 0 Å². The van der Waals surface area contributed by atoms with Gasteiger partial charge in [-0.2, -0.15) is 4.98 Å². The van der Waals surface area contributed by atoms with Gasteiger partial charge in [0.1, 0.15) is 11.5 Å². The first-order valence-electron chi connectivity index (χ1n) is 8.67. The van der Waals surface area contributed by atoms with Gasteiger partial charge < -0.3 is 14.3 Å². The quantitative estimate of drug-likeness (QED) is 0.783. The Balaban J connectivity index is 1.78. The normalized spacial score (nSPS) is 14.1. The summed E-state index contributed by atoms with van der Waals surface area (Å²) in [5, 5.41) is 7.61. The molecule has 4 rings (SSSR count). The van der Waals surface area contributed by atoms with Crippen LogP contribution < -0.4 is 5.32 Å². The van der Waals surface area contributed by atoms with Gasteiger partial charge in [0, 0.05) is 29.9 Å². The van der Waals surface area contributed by atoms with Gasteiger partial charge in [0.15, 0.2) is 0 Å². The van der Waals surface area contributed by atoms with Gasteiger partial charge in [0.25, 0.3) is 5.89 Å². The van der Waals surface area contributed by atoms with Gasteiger partial charge >= 0.3 is 0 Å². The standard InChI is InChI=1S/C19H22N4O2/c1-10(2)16-7-15(12(4)24-16)19-22-18(23-25-19)17-11(3)21-9-13-8-20-6-5-14(13)17/h7,9-10,20H,5-6,8H2,1-4H3. The fraction of sp³-hybridized carbons (Fsp3) is 0.421. The summed E-state index contributed by atoms with van der Waals surface area (Å²) >= 11 is 0. The average Bonchev–Trinajstić information content (AvgIpc) is 3.21. The van der Waals surface area contributed by atoms with Gasteiger partial charge in [-0.05, 0) is 44.0 Å². The molecule has 0 spiro atoms. The number of aryl methyl sites for hydroxylation is 2. The van der Waals surface area contributed by atoms with Crippen molar-refractivity contribution in [2.45, 2.75) is 46.6 Å². The lowest BCUT2D eigenvalue weighted by molar-refractivity contribution is 0.429. The van der Waals surface area contributed by atoms with Crippen molar-refractivity contribution in [3.63, 3.8) is 0 Å². The van der Waals surface area contributed by atoms with E-state index < -0.39 is 0 Å². The van der Waals surface area contributed by atoms with Gasteiger partial charge in [-0.15, -0.1) is 0 Å². The van der Waals surface area contributed by atoms with Crippen molar-refractivity contribution >= 4 is 0 Å². The van der Waals surface area contributed by atoms with E-state index in [1.807, 2.05) is 26.1 Å². The second-order valence-electron chi connectivity index (χ2n) is 6.85. The third-order valence-electron chi connectivity index (χ3n) is 4.72. The molecule has 0 radical (unpaired) electrons. The fourth-order valence-corrected chi connectivity index (χ4v) is 3.30. The zero-order valence-corrected chi connectivity index (χ0v) is 15.0. The minimum Gasteiger partial charge on any atom is -0.465 e. The second kappa shape index (κ2) is 6.11. The summed E-state index contributed by atoms with van der Waals surface area (Å²) in [4.78, 5) is 9.17. The van der Waals surface area contributed by atoms with E-state index in [9.17, 15) is 0 Å². The van der Waals surface area contributed by atoms with Gasteiger partial charge in [0.05, 0.1) is 5.56 Å². The summed E-state index contributed by atoms with van der Waals surface area (Å²) in [6.07, 6.45) is 2.89. The Labute approximate surface area is 146 Å². The molecule has 4 heterocycles. The molecule has 0 unspecified atom stereocenters.